The van der Waals surface area contributed by atoms with Crippen LogP contribution in [0.4, 0.5) is 0 Å². The Morgan fingerprint density at radius 1 is 1.06 bits per heavy atom. The monoisotopic (exact) mass is 244 g/mol. The van der Waals surface area contributed by atoms with Crippen LogP contribution in [-0.4, -0.2) is 12.6 Å². The molecule has 0 aromatic rings. The molecule has 3 aliphatic carbocycles. The van der Waals surface area contributed by atoms with Crippen LogP contribution in [0.2, 0.25) is 0 Å². The van der Waals surface area contributed by atoms with E-state index >= 15 is 0 Å². The van der Waals surface area contributed by atoms with Crippen LogP contribution in [0.1, 0.15) is 19.3 Å². The Labute approximate surface area is 109 Å². The van der Waals surface area contributed by atoms with Crippen LogP contribution in [0.5, 0.6) is 0 Å². The number of fused-ring (bicyclic) bond motifs is 2. The summed E-state index contributed by atoms with van der Waals surface area (Å²) in [6.45, 7) is 3.11. The van der Waals surface area contributed by atoms with Gasteiger partial charge in [0.25, 0.3) is 0 Å². The highest BCUT2D eigenvalue weighted by Crippen LogP contribution is 2.42. The van der Waals surface area contributed by atoms with Crippen molar-refractivity contribution in [3.05, 3.63) is 49.1 Å². The quantitative estimate of drug-likeness (QED) is 0.424. The number of hydrogen-bond acceptors (Lipinski definition) is 2. The molecule has 0 amide bonds. The van der Waals surface area contributed by atoms with Crippen LogP contribution in [0.3, 0.4) is 0 Å². The largest absolute Gasteiger partial charge is 0.303 e. The first-order valence-corrected chi connectivity index (χ1v) is 6.33. The third-order valence-electron chi connectivity index (χ3n) is 3.26. The van der Waals surface area contributed by atoms with Gasteiger partial charge < -0.3 is 4.79 Å². The lowest BCUT2D eigenvalue weighted by Crippen LogP contribution is -2.07. The standard InChI is InChI=1S/C8H10O.C5H6.C3H4O/c9-5-8-4-6-1-2-7(8)3-6;1-2-4-5-3-1;1-2-3-4/h1-2,5-8H,3-4H2;1-4H,5H2;2-3H,1H2. The average Bonchev–Trinajstić information content (AvgIpc) is 3.16. The third kappa shape index (κ3) is 4.66. The molecule has 18 heavy (non-hydrogen) atoms. The smallest absolute Gasteiger partial charge is 0.142 e. The molecule has 3 rings (SSSR count). The van der Waals surface area contributed by atoms with Gasteiger partial charge in [-0.15, -0.1) is 0 Å². The topological polar surface area (TPSA) is 34.1 Å². The minimum absolute atomic E-state index is 0.361. The molecule has 3 aliphatic rings. The van der Waals surface area contributed by atoms with Crippen molar-refractivity contribution in [2.24, 2.45) is 17.8 Å². The van der Waals surface area contributed by atoms with Crippen molar-refractivity contribution in [3.63, 3.8) is 0 Å². The maximum absolute atomic E-state index is 10.4. The maximum Gasteiger partial charge on any atom is 0.142 e. The van der Waals surface area contributed by atoms with Gasteiger partial charge in [0, 0.05) is 5.92 Å². The number of carbonyl (C=O) groups is 2. The van der Waals surface area contributed by atoms with Gasteiger partial charge in [-0.2, -0.15) is 0 Å². The summed E-state index contributed by atoms with van der Waals surface area (Å²) < 4.78 is 0. The van der Waals surface area contributed by atoms with Crippen LogP contribution in [0.15, 0.2) is 49.1 Å². The van der Waals surface area contributed by atoms with Gasteiger partial charge in [-0.25, -0.2) is 0 Å². The van der Waals surface area contributed by atoms with Gasteiger partial charge in [0.15, 0.2) is 0 Å². The molecule has 2 heteroatoms. The van der Waals surface area contributed by atoms with E-state index in [1.54, 1.807) is 0 Å². The molecule has 0 N–H and O–H groups in total. The molecule has 2 bridgehead atoms. The molecule has 0 aromatic carbocycles. The van der Waals surface area contributed by atoms with Crippen LogP contribution in [0, 0.1) is 17.8 Å². The van der Waals surface area contributed by atoms with Crippen LogP contribution < -0.4 is 0 Å². The van der Waals surface area contributed by atoms with Gasteiger partial charge in [0.1, 0.15) is 12.6 Å². The number of rotatable bonds is 2. The van der Waals surface area contributed by atoms with E-state index in [4.69, 9.17) is 4.79 Å². The summed E-state index contributed by atoms with van der Waals surface area (Å²) in [7, 11) is 0. The molecule has 3 atom stereocenters. The molecule has 0 saturated heterocycles. The Kier molecular flexibility index (Phi) is 6.70. The molecule has 1 saturated carbocycles. The molecular formula is C16H20O2. The molecule has 0 spiro atoms. The van der Waals surface area contributed by atoms with Crippen LogP contribution in [0.25, 0.3) is 0 Å². The lowest BCUT2D eigenvalue weighted by atomic mass is 9.95. The van der Waals surface area contributed by atoms with Crippen molar-refractivity contribution in [1.29, 1.82) is 0 Å². The zero-order valence-electron chi connectivity index (χ0n) is 10.6. The molecule has 0 aliphatic heterocycles. The van der Waals surface area contributed by atoms with E-state index in [1.165, 1.54) is 12.5 Å². The first kappa shape index (κ1) is 14.4. The zero-order valence-corrected chi connectivity index (χ0v) is 10.6. The normalized spacial score (nSPS) is 29.0. The Morgan fingerprint density at radius 2 is 1.72 bits per heavy atom. The molecule has 96 valence electrons. The first-order chi connectivity index (χ1) is 8.81. The predicted octanol–water partition coefficient (Wildman–Crippen LogP) is 3.27. The highest BCUT2D eigenvalue weighted by atomic mass is 16.1. The Morgan fingerprint density at radius 3 is 1.94 bits per heavy atom. The summed E-state index contributed by atoms with van der Waals surface area (Å²) in [5.41, 5.74) is 0. The van der Waals surface area contributed by atoms with Gasteiger partial charge >= 0.3 is 0 Å². The third-order valence-corrected chi connectivity index (χ3v) is 3.26. The van der Waals surface area contributed by atoms with E-state index < -0.39 is 0 Å². The van der Waals surface area contributed by atoms with Crippen molar-refractivity contribution >= 4 is 12.6 Å². The van der Waals surface area contributed by atoms with Gasteiger partial charge in [0.05, 0.1) is 0 Å². The van der Waals surface area contributed by atoms with E-state index in [-0.39, 0.29) is 0 Å². The van der Waals surface area contributed by atoms with Crippen LogP contribution >= 0.6 is 0 Å². The SMILES string of the molecule is C1=CCC=C1.C=CC=O.O=CC1CC2C=CC1C2. The Balaban J connectivity index is 0.000000154. The van der Waals surface area contributed by atoms with Crippen molar-refractivity contribution in [2.75, 3.05) is 0 Å². The molecule has 3 unspecified atom stereocenters. The fourth-order valence-electron chi connectivity index (χ4n) is 2.37. The lowest BCUT2D eigenvalue weighted by molar-refractivity contribution is -0.111. The minimum atomic E-state index is 0.361. The van der Waals surface area contributed by atoms with Crippen molar-refractivity contribution < 1.29 is 9.59 Å². The van der Waals surface area contributed by atoms with Gasteiger partial charge in [0.2, 0.25) is 0 Å². The van der Waals surface area contributed by atoms with Crippen LogP contribution in [-0.2, 0) is 9.59 Å². The number of aldehydes is 2. The molecule has 0 heterocycles. The lowest BCUT2D eigenvalue weighted by Gasteiger charge is -2.08. The van der Waals surface area contributed by atoms with Gasteiger partial charge in [-0.05, 0) is 37.2 Å². The maximum atomic E-state index is 10.4. The van der Waals surface area contributed by atoms with E-state index in [1.807, 2.05) is 0 Å². The average molecular weight is 244 g/mol. The second-order valence-corrected chi connectivity index (χ2v) is 4.54. The van der Waals surface area contributed by atoms with E-state index in [2.05, 4.69) is 43.0 Å². The van der Waals surface area contributed by atoms with E-state index in [0.29, 0.717) is 18.1 Å². The fraction of sp³-hybridized carbons (Fsp3) is 0.375. The summed E-state index contributed by atoms with van der Waals surface area (Å²) in [4.78, 5) is 19.4. The van der Waals surface area contributed by atoms with Crippen molar-refractivity contribution in [2.45, 2.75) is 19.3 Å². The first-order valence-electron chi connectivity index (χ1n) is 6.33. The zero-order chi connectivity index (χ0) is 13.2. The number of carbonyl (C=O) groups excluding carboxylic acids is 2. The number of hydrogen-bond donors (Lipinski definition) is 0. The summed E-state index contributed by atoms with van der Waals surface area (Å²) in [5, 5.41) is 0. The van der Waals surface area contributed by atoms with Crippen molar-refractivity contribution in [1.82, 2.24) is 0 Å². The second-order valence-electron chi connectivity index (χ2n) is 4.54. The summed E-state index contributed by atoms with van der Waals surface area (Å²) >= 11 is 0. The summed E-state index contributed by atoms with van der Waals surface area (Å²) in [5.74, 6) is 1.71. The second kappa shape index (κ2) is 8.40. The van der Waals surface area contributed by atoms with E-state index in [9.17, 15) is 4.79 Å². The highest BCUT2D eigenvalue weighted by Gasteiger charge is 2.34. The fourth-order valence-corrected chi connectivity index (χ4v) is 2.37. The van der Waals surface area contributed by atoms with Crippen molar-refractivity contribution in [3.8, 4) is 0 Å². The molecule has 1 fully saturated rings. The highest BCUT2D eigenvalue weighted by molar-refractivity contribution is 5.63. The summed E-state index contributed by atoms with van der Waals surface area (Å²) in [6.07, 6.45) is 19.3. The Bertz CT molecular complexity index is 347. The minimum Gasteiger partial charge on any atom is -0.303 e. The van der Waals surface area contributed by atoms with Gasteiger partial charge in [-0.1, -0.05) is 43.0 Å². The molecule has 2 nitrogen and oxygen atoms in total. The molecule has 0 aromatic heterocycles. The Hall–Kier alpha value is -1.70. The summed E-state index contributed by atoms with van der Waals surface area (Å²) in [6, 6.07) is 0. The molecular weight excluding hydrogens is 224 g/mol. The van der Waals surface area contributed by atoms with Gasteiger partial charge in [-0.3, -0.25) is 4.79 Å². The number of allylic oxidation sites excluding steroid dienone is 7. The predicted molar refractivity (Wildman–Crippen MR) is 74.1 cm³/mol. The molecule has 0 radical (unpaired) electrons. The van der Waals surface area contributed by atoms with E-state index in [0.717, 1.165) is 25.0 Å².